The van der Waals surface area contributed by atoms with Gasteiger partial charge < -0.3 is 5.73 Å². The number of primary amides is 1. The molecule has 0 bridgehead atoms. The van der Waals surface area contributed by atoms with Gasteiger partial charge in [0.1, 0.15) is 0 Å². The maximum absolute atomic E-state index is 11.1. The number of rotatable bonds is 2. The average molecular weight is 169 g/mol. The maximum atomic E-state index is 11.1. The summed E-state index contributed by atoms with van der Waals surface area (Å²) in [6, 6.07) is 0. The van der Waals surface area contributed by atoms with E-state index in [4.69, 9.17) is 5.73 Å². The van der Waals surface area contributed by atoms with Crippen molar-refractivity contribution in [3.63, 3.8) is 0 Å². The van der Waals surface area contributed by atoms with E-state index in [9.17, 15) is 4.79 Å². The molecule has 0 aromatic rings. The number of carbonyl (C=O) groups is 1. The molecule has 0 heterocycles. The Bertz CT molecular complexity index is 188. The zero-order valence-electron chi connectivity index (χ0n) is 8.26. The molecule has 2 N–H and O–H groups in total. The SMILES string of the molecule is CC(C)[C@H]1CC[C@](C)(C(N)=O)C1. The highest BCUT2D eigenvalue weighted by Gasteiger charge is 2.40. The fraction of sp³-hybridized carbons (Fsp3) is 0.900. The van der Waals surface area contributed by atoms with Crippen LogP contribution in [0.1, 0.15) is 40.0 Å². The fourth-order valence-corrected chi connectivity index (χ4v) is 2.08. The number of hydrogen-bond donors (Lipinski definition) is 1. The van der Waals surface area contributed by atoms with E-state index in [1.165, 1.54) is 0 Å². The summed E-state index contributed by atoms with van der Waals surface area (Å²) in [5.74, 6) is 1.26. The van der Waals surface area contributed by atoms with Crippen molar-refractivity contribution in [2.75, 3.05) is 0 Å². The minimum atomic E-state index is -0.213. The van der Waals surface area contributed by atoms with Crippen molar-refractivity contribution in [2.24, 2.45) is 23.0 Å². The van der Waals surface area contributed by atoms with Gasteiger partial charge in [0.15, 0.2) is 0 Å². The van der Waals surface area contributed by atoms with Crippen LogP contribution in [0.15, 0.2) is 0 Å². The lowest BCUT2D eigenvalue weighted by molar-refractivity contribution is -0.126. The third-order valence-electron chi connectivity index (χ3n) is 3.32. The molecule has 1 amide bonds. The monoisotopic (exact) mass is 169 g/mol. The van der Waals surface area contributed by atoms with E-state index in [1.807, 2.05) is 6.92 Å². The second kappa shape index (κ2) is 3.08. The van der Waals surface area contributed by atoms with Gasteiger partial charge in [-0.2, -0.15) is 0 Å². The molecule has 0 unspecified atom stereocenters. The van der Waals surface area contributed by atoms with E-state index in [-0.39, 0.29) is 11.3 Å². The van der Waals surface area contributed by atoms with Crippen molar-refractivity contribution < 1.29 is 4.79 Å². The second-order valence-corrected chi connectivity index (χ2v) is 4.67. The van der Waals surface area contributed by atoms with Crippen LogP contribution in [0.3, 0.4) is 0 Å². The van der Waals surface area contributed by atoms with E-state index >= 15 is 0 Å². The Kier molecular flexibility index (Phi) is 2.45. The molecule has 1 fully saturated rings. The molecule has 2 heteroatoms. The van der Waals surface area contributed by atoms with Crippen LogP contribution < -0.4 is 5.73 Å². The van der Waals surface area contributed by atoms with Crippen molar-refractivity contribution in [3.8, 4) is 0 Å². The quantitative estimate of drug-likeness (QED) is 0.674. The molecule has 0 aromatic heterocycles. The summed E-state index contributed by atoms with van der Waals surface area (Å²) in [5, 5.41) is 0. The average Bonchev–Trinajstić information content (AvgIpc) is 2.33. The van der Waals surface area contributed by atoms with Crippen LogP contribution in [0, 0.1) is 17.3 Å². The van der Waals surface area contributed by atoms with Gasteiger partial charge >= 0.3 is 0 Å². The highest BCUT2D eigenvalue weighted by atomic mass is 16.1. The first kappa shape index (κ1) is 9.56. The van der Waals surface area contributed by atoms with Gasteiger partial charge in [-0.25, -0.2) is 0 Å². The Morgan fingerprint density at radius 2 is 2.17 bits per heavy atom. The first-order valence-electron chi connectivity index (χ1n) is 4.75. The summed E-state index contributed by atoms with van der Waals surface area (Å²) in [6.45, 7) is 6.44. The molecule has 1 rings (SSSR count). The van der Waals surface area contributed by atoms with Crippen LogP contribution in [0.25, 0.3) is 0 Å². The smallest absolute Gasteiger partial charge is 0.223 e. The molecule has 0 aliphatic heterocycles. The van der Waals surface area contributed by atoms with Gasteiger partial charge in [-0.15, -0.1) is 0 Å². The zero-order valence-corrected chi connectivity index (χ0v) is 8.26. The summed E-state index contributed by atoms with van der Waals surface area (Å²) in [5.41, 5.74) is 5.14. The Morgan fingerprint density at radius 1 is 1.58 bits per heavy atom. The molecule has 0 aromatic carbocycles. The second-order valence-electron chi connectivity index (χ2n) is 4.67. The topological polar surface area (TPSA) is 43.1 Å². The summed E-state index contributed by atoms with van der Waals surface area (Å²) < 4.78 is 0. The van der Waals surface area contributed by atoms with E-state index < -0.39 is 0 Å². The predicted octanol–water partition coefficient (Wildman–Crippen LogP) is 1.93. The molecule has 70 valence electrons. The third-order valence-corrected chi connectivity index (χ3v) is 3.32. The molecule has 2 atom stereocenters. The molecule has 1 saturated carbocycles. The van der Waals surface area contributed by atoms with Gasteiger partial charge in [0.25, 0.3) is 0 Å². The fourth-order valence-electron chi connectivity index (χ4n) is 2.08. The first-order valence-corrected chi connectivity index (χ1v) is 4.75. The van der Waals surface area contributed by atoms with Gasteiger partial charge in [0.2, 0.25) is 5.91 Å². The van der Waals surface area contributed by atoms with Crippen LogP contribution in [0.5, 0.6) is 0 Å². The minimum Gasteiger partial charge on any atom is -0.369 e. The molecule has 1 aliphatic rings. The molecule has 0 saturated heterocycles. The number of nitrogens with two attached hydrogens (primary N) is 1. The molecular weight excluding hydrogens is 150 g/mol. The van der Waals surface area contributed by atoms with Crippen LogP contribution in [-0.2, 0) is 4.79 Å². The zero-order chi connectivity index (χ0) is 9.35. The summed E-state index contributed by atoms with van der Waals surface area (Å²) >= 11 is 0. The lowest BCUT2D eigenvalue weighted by Gasteiger charge is -2.20. The molecule has 0 spiro atoms. The van der Waals surface area contributed by atoms with Crippen molar-refractivity contribution >= 4 is 5.91 Å². The Labute approximate surface area is 74.5 Å². The van der Waals surface area contributed by atoms with Gasteiger partial charge in [-0.05, 0) is 31.1 Å². The van der Waals surface area contributed by atoms with Crippen molar-refractivity contribution in [2.45, 2.75) is 40.0 Å². The Morgan fingerprint density at radius 3 is 2.42 bits per heavy atom. The number of hydrogen-bond acceptors (Lipinski definition) is 1. The molecular formula is C10H19NO. The van der Waals surface area contributed by atoms with Gasteiger partial charge in [-0.1, -0.05) is 20.8 Å². The highest BCUT2D eigenvalue weighted by molar-refractivity contribution is 5.80. The number of carbonyl (C=O) groups excluding carboxylic acids is 1. The van der Waals surface area contributed by atoms with E-state index in [0.29, 0.717) is 11.8 Å². The highest BCUT2D eigenvalue weighted by Crippen LogP contribution is 2.44. The van der Waals surface area contributed by atoms with E-state index in [1.54, 1.807) is 0 Å². The Hall–Kier alpha value is -0.530. The van der Waals surface area contributed by atoms with Crippen molar-refractivity contribution in [1.29, 1.82) is 0 Å². The van der Waals surface area contributed by atoms with Gasteiger partial charge in [-0.3, -0.25) is 4.79 Å². The summed E-state index contributed by atoms with van der Waals surface area (Å²) in [7, 11) is 0. The van der Waals surface area contributed by atoms with Crippen LogP contribution in [0.4, 0.5) is 0 Å². The first-order chi connectivity index (χ1) is 5.46. The largest absolute Gasteiger partial charge is 0.369 e. The van der Waals surface area contributed by atoms with Crippen LogP contribution >= 0.6 is 0 Å². The standard InChI is InChI=1S/C10H19NO/c1-7(2)8-4-5-10(3,6-8)9(11)12/h7-8H,4-6H2,1-3H3,(H2,11,12)/t8-,10-/m0/s1. The van der Waals surface area contributed by atoms with Gasteiger partial charge in [0.05, 0.1) is 0 Å². The van der Waals surface area contributed by atoms with E-state index in [2.05, 4.69) is 13.8 Å². The third kappa shape index (κ3) is 1.62. The summed E-state index contributed by atoms with van der Waals surface area (Å²) in [6.07, 6.45) is 3.13. The van der Waals surface area contributed by atoms with Gasteiger partial charge in [0, 0.05) is 5.41 Å². The predicted molar refractivity (Wildman–Crippen MR) is 49.5 cm³/mol. The molecule has 1 aliphatic carbocycles. The molecule has 0 radical (unpaired) electrons. The van der Waals surface area contributed by atoms with Crippen LogP contribution in [0.2, 0.25) is 0 Å². The lowest BCUT2D eigenvalue weighted by Crippen LogP contribution is -2.32. The lowest BCUT2D eigenvalue weighted by atomic mass is 9.85. The van der Waals surface area contributed by atoms with Crippen LogP contribution in [-0.4, -0.2) is 5.91 Å². The Balaban J connectivity index is 2.61. The molecule has 2 nitrogen and oxygen atoms in total. The number of amides is 1. The van der Waals surface area contributed by atoms with Crippen molar-refractivity contribution in [3.05, 3.63) is 0 Å². The minimum absolute atomic E-state index is 0.120. The molecule has 12 heavy (non-hydrogen) atoms. The normalized spacial score (nSPS) is 35.8. The summed E-state index contributed by atoms with van der Waals surface area (Å²) in [4.78, 5) is 11.1. The van der Waals surface area contributed by atoms with Crippen molar-refractivity contribution in [1.82, 2.24) is 0 Å². The van der Waals surface area contributed by atoms with E-state index in [0.717, 1.165) is 19.3 Å². The maximum Gasteiger partial charge on any atom is 0.223 e.